The Kier molecular flexibility index (Phi) is 2.93. The van der Waals surface area contributed by atoms with E-state index in [2.05, 4.69) is 20.9 Å². The fourth-order valence-corrected chi connectivity index (χ4v) is 1.23. The van der Waals surface area contributed by atoms with Crippen molar-refractivity contribution in [1.82, 2.24) is 4.98 Å². The van der Waals surface area contributed by atoms with Gasteiger partial charge in [-0.25, -0.2) is 4.98 Å². The summed E-state index contributed by atoms with van der Waals surface area (Å²) in [6, 6.07) is 3.33. The molecule has 13 heavy (non-hydrogen) atoms. The second-order valence-corrected chi connectivity index (χ2v) is 3.04. The lowest BCUT2D eigenvalue weighted by atomic mass is 10.2. The van der Waals surface area contributed by atoms with Crippen LogP contribution >= 0.6 is 15.9 Å². The first-order valence-corrected chi connectivity index (χ1v) is 4.10. The Labute approximate surface area is 82.3 Å². The third-order valence-corrected chi connectivity index (χ3v) is 1.83. The van der Waals surface area contributed by atoms with Gasteiger partial charge in [-0.1, -0.05) is 0 Å². The topological polar surface area (TPSA) is 79.8 Å². The molecule has 1 aromatic rings. The number of rotatable bonds is 2. The molecule has 0 bridgehead atoms. The molecule has 0 aromatic carbocycles. The van der Waals surface area contributed by atoms with Crippen molar-refractivity contribution < 1.29 is 4.92 Å². The molecule has 0 radical (unpaired) electrons. The van der Waals surface area contributed by atoms with Crippen LogP contribution in [0.15, 0.2) is 16.9 Å². The molecule has 5 nitrogen and oxygen atoms in total. The number of hydrogen-bond donors (Lipinski definition) is 0. The molecule has 1 heterocycles. The van der Waals surface area contributed by atoms with E-state index in [1.165, 1.54) is 6.07 Å². The van der Waals surface area contributed by atoms with Gasteiger partial charge in [0.05, 0.1) is 17.4 Å². The Morgan fingerprint density at radius 2 is 2.46 bits per heavy atom. The highest BCUT2D eigenvalue weighted by atomic mass is 79.9. The molecule has 0 atom stereocenters. The van der Waals surface area contributed by atoms with Gasteiger partial charge in [0, 0.05) is 5.56 Å². The number of nitro groups is 1. The average Bonchev–Trinajstić information content (AvgIpc) is 2.04. The van der Waals surface area contributed by atoms with Gasteiger partial charge in [0.1, 0.15) is 10.8 Å². The summed E-state index contributed by atoms with van der Waals surface area (Å²) in [5.74, 6) is 0. The van der Waals surface area contributed by atoms with Gasteiger partial charge in [-0.3, -0.25) is 10.1 Å². The molecule has 0 amide bonds. The van der Waals surface area contributed by atoms with Gasteiger partial charge in [-0.15, -0.1) is 0 Å². The van der Waals surface area contributed by atoms with Gasteiger partial charge >= 0.3 is 0 Å². The highest BCUT2D eigenvalue weighted by Crippen LogP contribution is 2.20. The maximum atomic E-state index is 10.4. The summed E-state index contributed by atoms with van der Waals surface area (Å²) in [4.78, 5) is 13.6. The van der Waals surface area contributed by atoms with E-state index in [0.29, 0.717) is 10.2 Å². The number of aromatic nitrogens is 1. The van der Waals surface area contributed by atoms with E-state index >= 15 is 0 Å². The van der Waals surface area contributed by atoms with Gasteiger partial charge in [0.15, 0.2) is 0 Å². The lowest BCUT2D eigenvalue weighted by molar-refractivity contribution is -0.385. The molecule has 0 aliphatic carbocycles. The van der Waals surface area contributed by atoms with Crippen LogP contribution in [0.1, 0.15) is 5.56 Å². The molecule has 0 spiro atoms. The van der Waals surface area contributed by atoms with E-state index < -0.39 is 4.92 Å². The molecule has 0 fully saturated rings. The molecule has 1 aromatic heterocycles. The summed E-state index contributed by atoms with van der Waals surface area (Å²) in [6.07, 6.45) is 1.15. The van der Waals surface area contributed by atoms with Gasteiger partial charge in [0.25, 0.3) is 5.69 Å². The average molecular weight is 242 g/mol. The van der Waals surface area contributed by atoms with E-state index in [1.807, 2.05) is 6.07 Å². The van der Waals surface area contributed by atoms with Crippen LogP contribution in [-0.4, -0.2) is 9.91 Å². The SMILES string of the molecule is N#CCc1cc(Br)ncc1[N+](=O)[O-]. The van der Waals surface area contributed by atoms with Crippen molar-refractivity contribution in [2.75, 3.05) is 0 Å². The minimum absolute atomic E-state index is 0.0113. The summed E-state index contributed by atoms with van der Waals surface area (Å²) >= 11 is 3.07. The van der Waals surface area contributed by atoms with E-state index in [9.17, 15) is 10.1 Å². The van der Waals surface area contributed by atoms with Crippen LogP contribution in [-0.2, 0) is 6.42 Å². The summed E-state index contributed by atoms with van der Waals surface area (Å²) in [6.45, 7) is 0. The zero-order chi connectivity index (χ0) is 9.84. The second-order valence-electron chi connectivity index (χ2n) is 2.23. The fraction of sp³-hybridized carbons (Fsp3) is 0.143. The van der Waals surface area contributed by atoms with Crippen LogP contribution in [0.4, 0.5) is 5.69 Å². The van der Waals surface area contributed by atoms with Gasteiger partial charge in [0.2, 0.25) is 0 Å². The molecule has 6 heteroatoms. The van der Waals surface area contributed by atoms with Gasteiger partial charge < -0.3 is 0 Å². The number of nitriles is 1. The summed E-state index contributed by atoms with van der Waals surface area (Å²) in [5.41, 5.74) is 0.249. The van der Waals surface area contributed by atoms with Crippen molar-refractivity contribution in [2.24, 2.45) is 0 Å². The lowest BCUT2D eigenvalue weighted by Crippen LogP contribution is -1.96. The minimum Gasteiger partial charge on any atom is -0.258 e. The van der Waals surface area contributed by atoms with Crippen molar-refractivity contribution in [3.63, 3.8) is 0 Å². The summed E-state index contributed by atoms with van der Waals surface area (Å²) in [5, 5.41) is 18.9. The Morgan fingerprint density at radius 3 is 3.00 bits per heavy atom. The van der Waals surface area contributed by atoms with E-state index in [-0.39, 0.29) is 12.1 Å². The summed E-state index contributed by atoms with van der Waals surface area (Å²) in [7, 11) is 0. The van der Waals surface area contributed by atoms with Gasteiger partial charge in [-0.05, 0) is 22.0 Å². The maximum Gasteiger partial charge on any atom is 0.291 e. The highest BCUT2D eigenvalue weighted by molar-refractivity contribution is 9.10. The number of hydrogen-bond acceptors (Lipinski definition) is 4. The Hall–Kier alpha value is -1.48. The minimum atomic E-state index is -0.549. The first kappa shape index (κ1) is 9.61. The second kappa shape index (κ2) is 3.96. The Morgan fingerprint density at radius 1 is 1.77 bits per heavy atom. The Balaban J connectivity index is 3.20. The lowest BCUT2D eigenvalue weighted by Gasteiger charge is -1.97. The standard InChI is InChI=1S/C7H4BrN3O2/c8-7-3-5(1-2-9)6(4-10-7)11(12)13/h3-4H,1H2. The molecule has 0 unspecified atom stereocenters. The van der Waals surface area contributed by atoms with Crippen LogP contribution in [0.5, 0.6) is 0 Å². The number of halogens is 1. The quantitative estimate of drug-likeness (QED) is 0.450. The van der Waals surface area contributed by atoms with Crippen molar-refractivity contribution >= 4 is 21.6 Å². The van der Waals surface area contributed by atoms with E-state index in [0.717, 1.165) is 6.20 Å². The molecule has 0 saturated heterocycles. The molecular weight excluding hydrogens is 238 g/mol. The fourth-order valence-electron chi connectivity index (χ4n) is 0.852. The first-order valence-electron chi connectivity index (χ1n) is 3.31. The van der Waals surface area contributed by atoms with E-state index in [1.54, 1.807) is 0 Å². The smallest absolute Gasteiger partial charge is 0.258 e. The van der Waals surface area contributed by atoms with Crippen LogP contribution in [0.25, 0.3) is 0 Å². The zero-order valence-corrected chi connectivity index (χ0v) is 7.98. The first-order chi connectivity index (χ1) is 6.15. The third-order valence-electron chi connectivity index (χ3n) is 1.40. The van der Waals surface area contributed by atoms with Crippen molar-refractivity contribution in [3.05, 3.63) is 32.5 Å². The van der Waals surface area contributed by atoms with Crippen molar-refractivity contribution in [1.29, 1.82) is 5.26 Å². The molecular formula is C7H4BrN3O2. The number of pyridine rings is 1. The van der Waals surface area contributed by atoms with E-state index in [4.69, 9.17) is 5.26 Å². The third kappa shape index (κ3) is 2.23. The molecule has 66 valence electrons. The summed E-state index contributed by atoms with van der Waals surface area (Å²) < 4.78 is 0.489. The van der Waals surface area contributed by atoms with Crippen LogP contribution in [0.2, 0.25) is 0 Å². The predicted molar refractivity (Wildman–Crippen MR) is 47.9 cm³/mol. The van der Waals surface area contributed by atoms with Crippen LogP contribution in [0.3, 0.4) is 0 Å². The van der Waals surface area contributed by atoms with Crippen molar-refractivity contribution in [2.45, 2.75) is 6.42 Å². The van der Waals surface area contributed by atoms with Gasteiger partial charge in [-0.2, -0.15) is 5.26 Å². The monoisotopic (exact) mass is 241 g/mol. The highest BCUT2D eigenvalue weighted by Gasteiger charge is 2.13. The predicted octanol–water partition coefficient (Wildman–Crippen LogP) is 1.82. The van der Waals surface area contributed by atoms with Crippen LogP contribution in [0, 0.1) is 21.4 Å². The number of nitrogens with zero attached hydrogens (tertiary/aromatic N) is 3. The molecule has 0 aliphatic rings. The molecule has 1 rings (SSSR count). The zero-order valence-electron chi connectivity index (χ0n) is 6.40. The molecule has 0 N–H and O–H groups in total. The Bertz CT molecular complexity index is 386. The maximum absolute atomic E-state index is 10.4. The molecule has 0 aliphatic heterocycles. The normalized spacial score (nSPS) is 9.23. The molecule has 0 saturated carbocycles. The van der Waals surface area contributed by atoms with Crippen LogP contribution < -0.4 is 0 Å². The van der Waals surface area contributed by atoms with Crippen molar-refractivity contribution in [3.8, 4) is 6.07 Å². The largest absolute Gasteiger partial charge is 0.291 e.